The number of hydrogen-bond donors (Lipinski definition) is 0. The Labute approximate surface area is 111 Å². The van der Waals surface area contributed by atoms with Gasteiger partial charge in [0.1, 0.15) is 0 Å². The first-order valence-corrected chi connectivity index (χ1v) is 7.28. The first kappa shape index (κ1) is 13.7. The van der Waals surface area contributed by atoms with E-state index < -0.39 is 14.9 Å². The summed E-state index contributed by atoms with van der Waals surface area (Å²) in [5.41, 5.74) is -0.378. The van der Waals surface area contributed by atoms with E-state index in [1.54, 1.807) is 6.08 Å². The second kappa shape index (κ2) is 5.10. The lowest BCUT2D eigenvalue weighted by molar-refractivity contribution is -0.387. The molecule has 1 aromatic rings. The number of benzene rings is 1. The summed E-state index contributed by atoms with van der Waals surface area (Å²) < 4.78 is 25.9. The van der Waals surface area contributed by atoms with Gasteiger partial charge in [-0.3, -0.25) is 10.1 Å². The maximum absolute atomic E-state index is 12.3. The van der Waals surface area contributed by atoms with Crippen LogP contribution in [0.1, 0.15) is 12.8 Å². The monoisotopic (exact) mass is 282 g/mol. The van der Waals surface area contributed by atoms with Crippen LogP contribution >= 0.6 is 0 Å². The van der Waals surface area contributed by atoms with Crippen molar-refractivity contribution in [3.8, 4) is 0 Å². The molecule has 1 heterocycles. The van der Waals surface area contributed by atoms with Gasteiger partial charge in [0.2, 0.25) is 10.0 Å². The van der Waals surface area contributed by atoms with Crippen molar-refractivity contribution in [3.05, 3.63) is 47.0 Å². The number of rotatable bonds is 6. The Kier molecular flexibility index (Phi) is 3.68. The quantitative estimate of drug-likeness (QED) is 0.345. The van der Waals surface area contributed by atoms with Crippen LogP contribution in [0.25, 0.3) is 0 Å². The van der Waals surface area contributed by atoms with Crippen molar-refractivity contribution in [2.75, 3.05) is 6.54 Å². The summed E-state index contributed by atoms with van der Waals surface area (Å²) in [5.74, 6) is 0. The van der Waals surface area contributed by atoms with Gasteiger partial charge in [0.15, 0.2) is 4.90 Å². The Balaban J connectivity index is 2.27. The van der Waals surface area contributed by atoms with Crippen LogP contribution in [0.4, 0.5) is 5.69 Å². The number of nitro groups is 1. The SMILES string of the molecule is C=CCC[C@@H]1CN1S(=O)(=O)c1ccccc1[N+](=O)[O-]. The molecular weight excluding hydrogens is 268 g/mol. The second-order valence-electron chi connectivity index (χ2n) is 4.32. The maximum Gasteiger partial charge on any atom is 0.289 e. The number of nitro benzene ring substituents is 1. The molecular formula is C12H14N2O4S. The molecule has 6 nitrogen and oxygen atoms in total. The molecule has 1 aliphatic heterocycles. The highest BCUT2D eigenvalue weighted by atomic mass is 32.2. The molecule has 1 aromatic carbocycles. The van der Waals surface area contributed by atoms with Crippen LogP contribution in [0.15, 0.2) is 41.8 Å². The Hall–Kier alpha value is -1.73. The molecule has 0 radical (unpaired) electrons. The van der Waals surface area contributed by atoms with Crippen LogP contribution in [0.3, 0.4) is 0 Å². The normalized spacial score (nSPS) is 21.9. The van der Waals surface area contributed by atoms with Crippen LogP contribution in [0.5, 0.6) is 0 Å². The second-order valence-corrected chi connectivity index (χ2v) is 6.18. The highest BCUT2D eigenvalue weighted by Crippen LogP contribution is 2.34. The molecule has 1 aliphatic rings. The van der Waals surface area contributed by atoms with Crippen molar-refractivity contribution in [2.24, 2.45) is 0 Å². The lowest BCUT2D eigenvalue weighted by atomic mass is 10.2. The van der Waals surface area contributed by atoms with E-state index in [4.69, 9.17) is 0 Å². The van der Waals surface area contributed by atoms with Gasteiger partial charge in [-0.05, 0) is 18.9 Å². The fourth-order valence-electron chi connectivity index (χ4n) is 1.95. The summed E-state index contributed by atoms with van der Waals surface area (Å²) in [6.45, 7) is 4.00. The first-order chi connectivity index (χ1) is 8.98. The lowest BCUT2D eigenvalue weighted by Gasteiger charge is -2.06. The van der Waals surface area contributed by atoms with Gasteiger partial charge >= 0.3 is 0 Å². The van der Waals surface area contributed by atoms with Crippen molar-refractivity contribution in [1.29, 1.82) is 0 Å². The van der Waals surface area contributed by atoms with Crippen LogP contribution in [0, 0.1) is 10.1 Å². The van der Waals surface area contributed by atoms with Gasteiger partial charge in [0, 0.05) is 18.7 Å². The Morgan fingerprint density at radius 1 is 1.47 bits per heavy atom. The zero-order valence-electron chi connectivity index (χ0n) is 10.2. The molecule has 0 spiro atoms. The fraction of sp³-hybridized carbons (Fsp3) is 0.333. The van der Waals surface area contributed by atoms with Crippen molar-refractivity contribution in [1.82, 2.24) is 4.31 Å². The highest BCUT2D eigenvalue weighted by Gasteiger charge is 2.45. The molecule has 0 aliphatic carbocycles. The van der Waals surface area contributed by atoms with Gasteiger partial charge in [-0.15, -0.1) is 6.58 Å². The summed E-state index contributed by atoms with van der Waals surface area (Å²) in [6.07, 6.45) is 3.16. The van der Waals surface area contributed by atoms with Crippen molar-refractivity contribution in [2.45, 2.75) is 23.8 Å². The lowest BCUT2D eigenvalue weighted by Crippen LogP contribution is -2.16. The molecule has 2 atom stereocenters. The molecule has 19 heavy (non-hydrogen) atoms. The number of allylic oxidation sites excluding steroid dienone is 1. The largest absolute Gasteiger partial charge is 0.289 e. The average Bonchev–Trinajstić information content (AvgIpc) is 3.16. The van der Waals surface area contributed by atoms with Crippen molar-refractivity contribution < 1.29 is 13.3 Å². The topological polar surface area (TPSA) is 80.3 Å². The molecule has 0 N–H and O–H groups in total. The van der Waals surface area contributed by atoms with Crippen LogP contribution in [-0.2, 0) is 10.0 Å². The smallest absolute Gasteiger partial charge is 0.258 e. The van der Waals surface area contributed by atoms with Crippen LogP contribution < -0.4 is 0 Å². The van der Waals surface area contributed by atoms with Gasteiger partial charge in [0.05, 0.1) is 4.92 Å². The summed E-state index contributed by atoms with van der Waals surface area (Å²) >= 11 is 0. The molecule has 0 saturated carbocycles. The van der Waals surface area contributed by atoms with E-state index >= 15 is 0 Å². The third kappa shape index (κ3) is 2.66. The van der Waals surface area contributed by atoms with Gasteiger partial charge in [-0.25, -0.2) is 8.42 Å². The minimum atomic E-state index is -3.76. The van der Waals surface area contributed by atoms with Gasteiger partial charge in [0.25, 0.3) is 5.69 Å². The first-order valence-electron chi connectivity index (χ1n) is 5.84. The zero-order valence-corrected chi connectivity index (χ0v) is 11.0. The minimum absolute atomic E-state index is 0.0668. The van der Waals surface area contributed by atoms with E-state index in [0.717, 1.165) is 6.42 Å². The van der Waals surface area contributed by atoms with Gasteiger partial charge in [-0.2, -0.15) is 4.31 Å². The molecule has 1 unspecified atom stereocenters. The summed E-state index contributed by atoms with van der Waals surface area (Å²) in [5, 5.41) is 10.9. The van der Waals surface area contributed by atoms with Crippen LogP contribution in [0.2, 0.25) is 0 Å². The van der Waals surface area contributed by atoms with Crippen LogP contribution in [-0.4, -0.2) is 30.2 Å². The number of para-hydroxylation sites is 1. The molecule has 0 bridgehead atoms. The number of sulfonamides is 1. The van der Waals surface area contributed by atoms with Gasteiger partial charge < -0.3 is 0 Å². The molecule has 102 valence electrons. The molecule has 0 aromatic heterocycles. The van der Waals surface area contributed by atoms with E-state index in [2.05, 4.69) is 6.58 Å². The van der Waals surface area contributed by atoms with E-state index in [9.17, 15) is 18.5 Å². The highest BCUT2D eigenvalue weighted by molar-refractivity contribution is 7.89. The van der Waals surface area contributed by atoms with E-state index in [1.165, 1.54) is 28.6 Å². The van der Waals surface area contributed by atoms with Crippen molar-refractivity contribution in [3.63, 3.8) is 0 Å². The summed E-state index contributed by atoms with van der Waals surface area (Å²) in [4.78, 5) is 9.97. The maximum atomic E-state index is 12.3. The Morgan fingerprint density at radius 2 is 2.16 bits per heavy atom. The van der Waals surface area contributed by atoms with E-state index in [-0.39, 0.29) is 16.6 Å². The molecule has 1 fully saturated rings. The zero-order chi connectivity index (χ0) is 14.0. The number of nitrogens with zero attached hydrogens (tertiary/aromatic N) is 2. The predicted octanol–water partition coefficient (Wildman–Crippen LogP) is 1.93. The standard InChI is InChI=1S/C12H14N2O4S/c1-2-3-6-10-9-13(10)19(17,18)12-8-5-4-7-11(12)14(15)16/h2,4-5,7-8,10H,1,3,6,9H2/t10-,13?/m1/s1. The predicted molar refractivity (Wildman–Crippen MR) is 70.2 cm³/mol. The minimum Gasteiger partial charge on any atom is -0.258 e. The summed E-state index contributed by atoms with van der Waals surface area (Å²) in [7, 11) is -3.76. The molecule has 7 heteroatoms. The Morgan fingerprint density at radius 3 is 2.79 bits per heavy atom. The number of hydrogen-bond acceptors (Lipinski definition) is 4. The Bertz CT molecular complexity index is 612. The summed E-state index contributed by atoms with van der Waals surface area (Å²) in [6, 6.07) is 5.35. The van der Waals surface area contributed by atoms with Crippen molar-refractivity contribution >= 4 is 15.7 Å². The third-order valence-electron chi connectivity index (χ3n) is 3.02. The van der Waals surface area contributed by atoms with E-state index in [1.807, 2.05) is 0 Å². The molecule has 1 saturated heterocycles. The molecule has 2 rings (SSSR count). The van der Waals surface area contributed by atoms with E-state index in [0.29, 0.717) is 13.0 Å². The molecule has 0 amide bonds. The third-order valence-corrected chi connectivity index (χ3v) is 4.98. The van der Waals surface area contributed by atoms with Gasteiger partial charge in [-0.1, -0.05) is 18.2 Å². The average molecular weight is 282 g/mol. The fourth-order valence-corrected chi connectivity index (χ4v) is 3.73.